The van der Waals surface area contributed by atoms with Gasteiger partial charge in [0.1, 0.15) is 0 Å². The zero-order valence-corrected chi connectivity index (χ0v) is 7.43. The van der Waals surface area contributed by atoms with Crippen molar-refractivity contribution in [1.82, 2.24) is 0 Å². The van der Waals surface area contributed by atoms with Crippen LogP contribution in [0.1, 0.15) is 11.1 Å². The van der Waals surface area contributed by atoms with Crippen molar-refractivity contribution in [2.45, 2.75) is 12.8 Å². The molecule has 0 aliphatic heterocycles. The number of carbonyl (C=O) groups is 2. The van der Waals surface area contributed by atoms with E-state index in [9.17, 15) is 9.59 Å². The van der Waals surface area contributed by atoms with Crippen molar-refractivity contribution in [2.24, 2.45) is 0 Å². The molecular weight excluding hydrogens is 207 g/mol. The second-order valence-corrected chi connectivity index (χ2v) is 2.91. The van der Waals surface area contributed by atoms with E-state index in [4.69, 9.17) is 10.2 Å². The van der Waals surface area contributed by atoms with Crippen LogP contribution >= 0.6 is 0 Å². The molecule has 0 radical (unpaired) electrons. The minimum atomic E-state index is -0.956. The molecule has 0 spiro atoms. The summed E-state index contributed by atoms with van der Waals surface area (Å²) < 4.78 is 0. The first kappa shape index (κ1) is 14.2. The van der Waals surface area contributed by atoms with Crippen molar-refractivity contribution in [1.29, 1.82) is 0 Å². The number of carboxylic acid groups (broad SMARTS) is 2. The molecular formula is C10H11NaO4. The minimum absolute atomic E-state index is 0. The van der Waals surface area contributed by atoms with Crippen molar-refractivity contribution >= 4 is 41.5 Å². The van der Waals surface area contributed by atoms with Gasteiger partial charge in [0, 0.05) is 0 Å². The Labute approximate surface area is 109 Å². The van der Waals surface area contributed by atoms with Gasteiger partial charge in [0.15, 0.2) is 0 Å². The van der Waals surface area contributed by atoms with Gasteiger partial charge in [-0.2, -0.15) is 0 Å². The third-order valence-electron chi connectivity index (χ3n) is 1.80. The van der Waals surface area contributed by atoms with Crippen LogP contribution < -0.4 is 0 Å². The summed E-state index contributed by atoms with van der Waals surface area (Å²) in [6.07, 6.45) is -0.271. The zero-order chi connectivity index (χ0) is 10.6. The number of hydrogen-bond donors (Lipinski definition) is 2. The molecule has 0 fully saturated rings. The van der Waals surface area contributed by atoms with E-state index >= 15 is 0 Å². The van der Waals surface area contributed by atoms with Crippen LogP contribution in [0.4, 0.5) is 0 Å². The Hall–Kier alpha value is -0.840. The molecule has 0 saturated carbocycles. The Kier molecular flexibility index (Phi) is 6.24. The standard InChI is InChI=1S/C10H10O4.Na.H/c11-9(12)5-7-3-1-2-4-8(7)6-10(13)14;;/h1-4H,5-6H2,(H,11,12)(H,13,14);;. The molecule has 15 heavy (non-hydrogen) atoms. The summed E-state index contributed by atoms with van der Waals surface area (Å²) in [5, 5.41) is 17.2. The molecule has 0 aromatic heterocycles. The predicted octanol–water partition coefficient (Wildman–Crippen LogP) is 0.292. The monoisotopic (exact) mass is 218 g/mol. The van der Waals surface area contributed by atoms with E-state index in [-0.39, 0.29) is 42.4 Å². The average Bonchev–Trinajstić information content (AvgIpc) is 2.06. The van der Waals surface area contributed by atoms with E-state index in [0.29, 0.717) is 11.1 Å². The van der Waals surface area contributed by atoms with Gasteiger partial charge in [-0.1, -0.05) is 24.3 Å². The molecule has 5 heteroatoms. The van der Waals surface area contributed by atoms with Gasteiger partial charge in [-0.15, -0.1) is 0 Å². The normalized spacial score (nSPS) is 9.07. The second kappa shape index (κ2) is 6.61. The quantitative estimate of drug-likeness (QED) is 0.712. The Morgan fingerprint density at radius 1 is 0.933 bits per heavy atom. The van der Waals surface area contributed by atoms with Gasteiger partial charge in [0.2, 0.25) is 0 Å². The van der Waals surface area contributed by atoms with Crippen LogP contribution in [0.5, 0.6) is 0 Å². The first-order valence-corrected chi connectivity index (χ1v) is 4.10. The summed E-state index contributed by atoms with van der Waals surface area (Å²) in [5.41, 5.74) is 1.12. The molecule has 0 saturated heterocycles. The topological polar surface area (TPSA) is 74.6 Å². The van der Waals surface area contributed by atoms with Crippen LogP contribution in [0.15, 0.2) is 24.3 Å². The van der Waals surface area contributed by atoms with Crippen molar-refractivity contribution < 1.29 is 19.8 Å². The van der Waals surface area contributed by atoms with Gasteiger partial charge >= 0.3 is 41.5 Å². The van der Waals surface area contributed by atoms with Crippen LogP contribution in [0, 0.1) is 0 Å². The van der Waals surface area contributed by atoms with Crippen molar-refractivity contribution in [3.63, 3.8) is 0 Å². The van der Waals surface area contributed by atoms with Gasteiger partial charge in [0.05, 0.1) is 12.8 Å². The van der Waals surface area contributed by atoms with Gasteiger partial charge in [-0.3, -0.25) is 9.59 Å². The van der Waals surface area contributed by atoms with Crippen LogP contribution in [0.3, 0.4) is 0 Å². The second-order valence-electron chi connectivity index (χ2n) is 2.91. The fourth-order valence-electron chi connectivity index (χ4n) is 1.23. The van der Waals surface area contributed by atoms with E-state index in [1.165, 1.54) is 0 Å². The molecule has 0 unspecified atom stereocenters. The van der Waals surface area contributed by atoms with Crippen LogP contribution in [0.2, 0.25) is 0 Å². The third kappa shape index (κ3) is 4.97. The first-order valence-electron chi connectivity index (χ1n) is 4.10. The summed E-state index contributed by atoms with van der Waals surface area (Å²) in [5.74, 6) is -1.91. The molecule has 4 nitrogen and oxygen atoms in total. The maximum absolute atomic E-state index is 10.5. The summed E-state index contributed by atoms with van der Waals surface area (Å²) >= 11 is 0. The Morgan fingerprint density at radius 2 is 1.27 bits per heavy atom. The van der Waals surface area contributed by atoms with Gasteiger partial charge in [0.25, 0.3) is 0 Å². The molecule has 0 aliphatic rings. The fraction of sp³-hybridized carbons (Fsp3) is 0.200. The predicted molar refractivity (Wildman–Crippen MR) is 56.3 cm³/mol. The average molecular weight is 218 g/mol. The molecule has 0 heterocycles. The van der Waals surface area contributed by atoms with Crippen LogP contribution in [-0.2, 0) is 22.4 Å². The van der Waals surface area contributed by atoms with Gasteiger partial charge in [-0.05, 0) is 11.1 Å². The molecule has 0 bridgehead atoms. The first-order chi connectivity index (χ1) is 6.59. The Bertz CT molecular complexity index is 327. The third-order valence-corrected chi connectivity index (χ3v) is 1.80. The Balaban J connectivity index is 0.00000196. The number of aliphatic carboxylic acids is 2. The molecule has 1 rings (SSSR count). The molecule has 2 N–H and O–H groups in total. The summed E-state index contributed by atoms with van der Waals surface area (Å²) in [4.78, 5) is 20.9. The van der Waals surface area contributed by atoms with E-state index < -0.39 is 11.9 Å². The molecule has 76 valence electrons. The molecule has 0 aliphatic carbocycles. The molecule has 0 amide bonds. The summed E-state index contributed by atoms with van der Waals surface area (Å²) in [7, 11) is 0. The Morgan fingerprint density at radius 3 is 1.53 bits per heavy atom. The molecule has 0 atom stereocenters. The van der Waals surface area contributed by atoms with E-state index in [0.717, 1.165) is 0 Å². The van der Waals surface area contributed by atoms with Crippen LogP contribution in [0.25, 0.3) is 0 Å². The summed E-state index contributed by atoms with van der Waals surface area (Å²) in [6, 6.07) is 6.66. The number of hydrogen-bond acceptors (Lipinski definition) is 2. The summed E-state index contributed by atoms with van der Waals surface area (Å²) in [6.45, 7) is 0. The van der Waals surface area contributed by atoms with Crippen molar-refractivity contribution in [2.75, 3.05) is 0 Å². The zero-order valence-electron chi connectivity index (χ0n) is 7.43. The van der Waals surface area contributed by atoms with E-state index in [1.807, 2.05) is 0 Å². The fourth-order valence-corrected chi connectivity index (χ4v) is 1.23. The SMILES string of the molecule is O=C(O)Cc1ccccc1CC(=O)O.[NaH]. The van der Waals surface area contributed by atoms with Crippen molar-refractivity contribution in [3.05, 3.63) is 35.4 Å². The number of benzene rings is 1. The number of carboxylic acids is 2. The molecule has 1 aromatic rings. The van der Waals surface area contributed by atoms with Gasteiger partial charge in [-0.25, -0.2) is 0 Å². The van der Waals surface area contributed by atoms with E-state index in [1.54, 1.807) is 24.3 Å². The molecule has 1 aromatic carbocycles. The maximum atomic E-state index is 10.5. The van der Waals surface area contributed by atoms with Crippen LogP contribution in [-0.4, -0.2) is 51.7 Å². The van der Waals surface area contributed by atoms with E-state index in [2.05, 4.69) is 0 Å². The van der Waals surface area contributed by atoms with Gasteiger partial charge < -0.3 is 10.2 Å². The number of rotatable bonds is 4. The van der Waals surface area contributed by atoms with Crippen molar-refractivity contribution in [3.8, 4) is 0 Å².